The first kappa shape index (κ1) is 11.2. The molecule has 0 heterocycles. The molecule has 2 aromatic carbocycles. The topological polar surface area (TPSA) is 44.0 Å². The Morgan fingerprint density at radius 3 is 2.29 bits per heavy atom. The zero-order chi connectivity index (χ0) is 12.3. The van der Waals surface area contributed by atoms with Crippen molar-refractivity contribution in [2.45, 2.75) is 13.3 Å². The molecule has 0 unspecified atom stereocenters. The van der Waals surface area contributed by atoms with Gasteiger partial charge in [0.05, 0.1) is 5.56 Å². The van der Waals surface area contributed by atoms with Crippen molar-refractivity contribution < 1.29 is 5.11 Å². The summed E-state index contributed by atoms with van der Waals surface area (Å²) in [7, 11) is 0. The minimum absolute atomic E-state index is 0.0291. The van der Waals surface area contributed by atoms with Crippen LogP contribution in [0.2, 0.25) is 0 Å². The Labute approximate surface area is 101 Å². The van der Waals surface area contributed by atoms with E-state index >= 15 is 0 Å². The summed E-state index contributed by atoms with van der Waals surface area (Å²) >= 11 is 0. The van der Waals surface area contributed by atoms with Gasteiger partial charge in [-0.2, -0.15) is 5.26 Å². The smallest absolute Gasteiger partial charge is 0.133 e. The van der Waals surface area contributed by atoms with Crippen molar-refractivity contribution in [1.82, 2.24) is 0 Å². The van der Waals surface area contributed by atoms with Gasteiger partial charge in [0.15, 0.2) is 0 Å². The molecule has 0 saturated heterocycles. The molecular weight excluding hydrogens is 210 g/mol. The summed E-state index contributed by atoms with van der Waals surface area (Å²) in [6.07, 6.45) is 1.01. The third-order valence-corrected chi connectivity index (χ3v) is 2.81. The molecule has 0 aliphatic heterocycles. The fraction of sp³-hybridized carbons (Fsp3) is 0.133. The largest absolute Gasteiger partial charge is 0.507 e. The number of benzene rings is 2. The molecule has 2 nitrogen and oxygen atoms in total. The van der Waals surface area contributed by atoms with Crippen LogP contribution in [0.15, 0.2) is 42.5 Å². The van der Waals surface area contributed by atoms with E-state index in [-0.39, 0.29) is 5.75 Å². The molecule has 0 atom stereocenters. The number of rotatable bonds is 2. The molecule has 0 aliphatic rings. The maximum atomic E-state index is 9.44. The highest BCUT2D eigenvalue weighted by Crippen LogP contribution is 2.25. The third kappa shape index (κ3) is 2.29. The first-order chi connectivity index (χ1) is 8.24. The number of nitrogens with zero attached hydrogens (tertiary/aromatic N) is 1. The Kier molecular flexibility index (Phi) is 3.11. The summed E-state index contributed by atoms with van der Waals surface area (Å²) in [6.45, 7) is 2.11. The number of hydrogen-bond acceptors (Lipinski definition) is 2. The van der Waals surface area contributed by atoms with Crippen LogP contribution in [0.4, 0.5) is 0 Å². The first-order valence-corrected chi connectivity index (χ1v) is 5.57. The van der Waals surface area contributed by atoms with E-state index in [4.69, 9.17) is 5.26 Å². The minimum atomic E-state index is 0.0291. The predicted octanol–water partition coefficient (Wildman–Crippen LogP) is 3.49. The van der Waals surface area contributed by atoms with Gasteiger partial charge in [-0.15, -0.1) is 0 Å². The number of phenols is 1. The number of nitriles is 1. The van der Waals surface area contributed by atoms with Crippen LogP contribution in [0.3, 0.4) is 0 Å². The van der Waals surface area contributed by atoms with Crippen LogP contribution in [-0.2, 0) is 6.42 Å². The number of phenolic OH excluding ortho intramolecular Hbond substituents is 1. The summed E-state index contributed by atoms with van der Waals surface area (Å²) in [5.41, 5.74) is 3.59. The molecule has 1 N–H and O–H groups in total. The van der Waals surface area contributed by atoms with E-state index in [9.17, 15) is 5.11 Å². The van der Waals surface area contributed by atoms with E-state index in [0.29, 0.717) is 5.56 Å². The summed E-state index contributed by atoms with van der Waals surface area (Å²) in [5.74, 6) is 0.0291. The summed E-state index contributed by atoms with van der Waals surface area (Å²) in [5, 5.41) is 18.3. The lowest BCUT2D eigenvalue weighted by Gasteiger charge is -2.04. The van der Waals surface area contributed by atoms with Crippen molar-refractivity contribution >= 4 is 0 Å². The van der Waals surface area contributed by atoms with Crippen LogP contribution in [0.5, 0.6) is 5.75 Å². The molecular formula is C15H13NO. The van der Waals surface area contributed by atoms with Gasteiger partial charge in [-0.1, -0.05) is 37.3 Å². The predicted molar refractivity (Wildman–Crippen MR) is 67.6 cm³/mol. The Hall–Kier alpha value is -2.27. The molecule has 2 aromatic rings. The fourth-order valence-electron chi connectivity index (χ4n) is 1.74. The second-order valence-electron chi connectivity index (χ2n) is 3.89. The standard InChI is InChI=1S/C15H13NO/c1-2-11-3-5-12(6-4-11)13-7-8-15(17)14(9-13)10-16/h3-9,17H,2H2,1H3. The number of aryl methyl sites for hydroxylation is 1. The van der Waals surface area contributed by atoms with Gasteiger partial charge in [0, 0.05) is 0 Å². The highest BCUT2D eigenvalue weighted by molar-refractivity contribution is 5.67. The molecule has 0 saturated carbocycles. The first-order valence-electron chi connectivity index (χ1n) is 5.57. The quantitative estimate of drug-likeness (QED) is 0.846. The molecule has 0 fully saturated rings. The molecule has 0 amide bonds. The van der Waals surface area contributed by atoms with Crippen LogP contribution in [0.25, 0.3) is 11.1 Å². The van der Waals surface area contributed by atoms with Crippen molar-refractivity contribution in [2.24, 2.45) is 0 Å². The molecule has 0 radical (unpaired) electrons. The molecule has 0 aromatic heterocycles. The van der Waals surface area contributed by atoms with Crippen molar-refractivity contribution in [2.75, 3.05) is 0 Å². The normalized spacial score (nSPS) is 9.88. The van der Waals surface area contributed by atoms with Gasteiger partial charge in [0.1, 0.15) is 11.8 Å². The summed E-state index contributed by atoms with van der Waals surface area (Å²) in [4.78, 5) is 0. The van der Waals surface area contributed by atoms with E-state index in [1.807, 2.05) is 24.3 Å². The van der Waals surface area contributed by atoms with Crippen LogP contribution < -0.4 is 0 Å². The lowest BCUT2D eigenvalue weighted by Crippen LogP contribution is -1.83. The Balaban J connectivity index is 2.43. The Bertz CT molecular complexity index is 564. The van der Waals surface area contributed by atoms with Gasteiger partial charge < -0.3 is 5.11 Å². The van der Waals surface area contributed by atoms with Crippen molar-refractivity contribution in [1.29, 1.82) is 5.26 Å². The lowest BCUT2D eigenvalue weighted by molar-refractivity contribution is 0.473. The van der Waals surface area contributed by atoms with Crippen LogP contribution in [0.1, 0.15) is 18.1 Å². The van der Waals surface area contributed by atoms with Crippen molar-refractivity contribution in [3.8, 4) is 22.9 Å². The summed E-state index contributed by atoms with van der Waals surface area (Å²) in [6, 6.07) is 15.3. The lowest BCUT2D eigenvalue weighted by atomic mass is 10.0. The summed E-state index contributed by atoms with van der Waals surface area (Å²) < 4.78 is 0. The molecule has 0 bridgehead atoms. The van der Waals surface area contributed by atoms with Gasteiger partial charge in [0.25, 0.3) is 0 Å². The second kappa shape index (κ2) is 4.71. The van der Waals surface area contributed by atoms with E-state index in [1.54, 1.807) is 12.1 Å². The second-order valence-corrected chi connectivity index (χ2v) is 3.89. The van der Waals surface area contributed by atoms with E-state index in [0.717, 1.165) is 17.5 Å². The van der Waals surface area contributed by atoms with Crippen LogP contribution in [0, 0.1) is 11.3 Å². The van der Waals surface area contributed by atoms with Crippen molar-refractivity contribution in [3.05, 3.63) is 53.6 Å². The molecule has 2 heteroatoms. The average molecular weight is 223 g/mol. The van der Waals surface area contributed by atoms with Gasteiger partial charge in [-0.3, -0.25) is 0 Å². The minimum Gasteiger partial charge on any atom is -0.507 e. The SMILES string of the molecule is CCc1ccc(-c2ccc(O)c(C#N)c2)cc1. The maximum Gasteiger partial charge on any atom is 0.133 e. The fourth-order valence-corrected chi connectivity index (χ4v) is 1.74. The molecule has 84 valence electrons. The Morgan fingerprint density at radius 2 is 1.71 bits per heavy atom. The molecule has 2 rings (SSSR count). The third-order valence-electron chi connectivity index (χ3n) is 2.81. The number of hydrogen-bond donors (Lipinski definition) is 1. The zero-order valence-corrected chi connectivity index (χ0v) is 9.64. The monoisotopic (exact) mass is 223 g/mol. The van der Waals surface area contributed by atoms with Gasteiger partial charge >= 0.3 is 0 Å². The van der Waals surface area contributed by atoms with Crippen LogP contribution >= 0.6 is 0 Å². The van der Waals surface area contributed by atoms with Gasteiger partial charge in [-0.05, 0) is 35.2 Å². The number of aromatic hydroxyl groups is 1. The van der Waals surface area contributed by atoms with E-state index in [1.165, 1.54) is 5.56 Å². The van der Waals surface area contributed by atoms with Crippen molar-refractivity contribution in [3.63, 3.8) is 0 Å². The highest BCUT2D eigenvalue weighted by atomic mass is 16.3. The van der Waals surface area contributed by atoms with Gasteiger partial charge in [0.2, 0.25) is 0 Å². The van der Waals surface area contributed by atoms with Crippen LogP contribution in [-0.4, -0.2) is 5.11 Å². The average Bonchev–Trinajstić information content (AvgIpc) is 2.39. The van der Waals surface area contributed by atoms with E-state index < -0.39 is 0 Å². The molecule has 0 spiro atoms. The van der Waals surface area contributed by atoms with E-state index in [2.05, 4.69) is 19.1 Å². The highest BCUT2D eigenvalue weighted by Gasteiger charge is 2.03. The zero-order valence-electron chi connectivity index (χ0n) is 9.64. The van der Waals surface area contributed by atoms with Gasteiger partial charge in [-0.25, -0.2) is 0 Å². The molecule has 17 heavy (non-hydrogen) atoms. The molecule has 0 aliphatic carbocycles. The Morgan fingerprint density at radius 1 is 1.06 bits per heavy atom. The maximum absolute atomic E-state index is 9.44.